The number of hydrogen-bond donors (Lipinski definition) is 1. The number of aromatic nitrogens is 1. The van der Waals surface area contributed by atoms with Crippen molar-refractivity contribution in [1.29, 1.82) is 0 Å². The molecule has 1 aromatic heterocycles. The summed E-state index contributed by atoms with van der Waals surface area (Å²) < 4.78 is 0. The van der Waals surface area contributed by atoms with Gasteiger partial charge in [-0.3, -0.25) is 4.98 Å². The molecule has 2 aromatic rings. The molecule has 0 spiro atoms. The van der Waals surface area contributed by atoms with Crippen molar-refractivity contribution in [3.8, 4) is 0 Å². The molecule has 2 heteroatoms. The molecule has 0 radical (unpaired) electrons. The normalized spacial score (nSPS) is 23.6. The molecule has 3 rings (SSSR count). The molecule has 1 aromatic carbocycles. The predicted molar refractivity (Wildman–Crippen MR) is 68.6 cm³/mol. The van der Waals surface area contributed by atoms with Gasteiger partial charge in [0.05, 0.1) is 11.6 Å². The van der Waals surface area contributed by atoms with Crippen molar-refractivity contribution < 1.29 is 5.11 Å². The van der Waals surface area contributed by atoms with E-state index in [2.05, 4.69) is 24.9 Å². The highest BCUT2D eigenvalue weighted by atomic mass is 16.3. The summed E-state index contributed by atoms with van der Waals surface area (Å²) in [6.45, 7) is 4.41. The van der Waals surface area contributed by atoms with Gasteiger partial charge in [0.25, 0.3) is 0 Å². The van der Waals surface area contributed by atoms with Gasteiger partial charge in [-0.1, -0.05) is 32.0 Å². The Labute approximate surface area is 101 Å². The van der Waals surface area contributed by atoms with Crippen LogP contribution in [0.1, 0.15) is 31.9 Å². The van der Waals surface area contributed by atoms with Gasteiger partial charge in [0.15, 0.2) is 0 Å². The van der Waals surface area contributed by atoms with Crippen molar-refractivity contribution in [2.24, 2.45) is 11.3 Å². The van der Waals surface area contributed by atoms with Crippen molar-refractivity contribution in [3.05, 3.63) is 42.1 Å². The van der Waals surface area contributed by atoms with E-state index in [4.69, 9.17) is 0 Å². The van der Waals surface area contributed by atoms with E-state index >= 15 is 0 Å². The second-order valence-electron chi connectivity index (χ2n) is 5.71. The summed E-state index contributed by atoms with van der Waals surface area (Å²) in [5.74, 6) is 0.380. The van der Waals surface area contributed by atoms with Gasteiger partial charge in [0.2, 0.25) is 0 Å². The summed E-state index contributed by atoms with van der Waals surface area (Å²) in [6.07, 6.45) is 2.53. The molecule has 0 aliphatic heterocycles. The zero-order chi connectivity index (χ0) is 12.0. The van der Waals surface area contributed by atoms with Crippen LogP contribution >= 0.6 is 0 Å². The lowest BCUT2D eigenvalue weighted by molar-refractivity contribution is 0.138. The molecule has 0 saturated heterocycles. The SMILES string of the molecule is CC1(C)CC1C(O)c1cnc2ccccc2c1. The zero-order valence-electron chi connectivity index (χ0n) is 10.2. The largest absolute Gasteiger partial charge is 0.388 e. The van der Waals surface area contributed by atoms with E-state index in [0.29, 0.717) is 5.92 Å². The molecule has 1 heterocycles. The Hall–Kier alpha value is -1.41. The molecule has 88 valence electrons. The lowest BCUT2D eigenvalue weighted by Gasteiger charge is -2.13. The van der Waals surface area contributed by atoms with Crippen LogP contribution in [0.25, 0.3) is 10.9 Å². The van der Waals surface area contributed by atoms with Crippen LogP contribution in [0.3, 0.4) is 0 Å². The Kier molecular flexibility index (Phi) is 2.23. The quantitative estimate of drug-likeness (QED) is 0.853. The van der Waals surface area contributed by atoms with Gasteiger partial charge in [-0.15, -0.1) is 0 Å². The summed E-state index contributed by atoms with van der Waals surface area (Å²) in [6, 6.07) is 10.1. The predicted octanol–water partition coefficient (Wildman–Crippen LogP) is 3.31. The Balaban J connectivity index is 1.96. The smallest absolute Gasteiger partial charge is 0.0838 e. The summed E-state index contributed by atoms with van der Waals surface area (Å²) in [5.41, 5.74) is 2.21. The number of nitrogens with zero attached hydrogens (tertiary/aromatic N) is 1. The van der Waals surface area contributed by atoms with Crippen molar-refractivity contribution in [3.63, 3.8) is 0 Å². The third kappa shape index (κ3) is 1.83. The number of aliphatic hydroxyl groups is 1. The number of pyridine rings is 1. The highest BCUT2D eigenvalue weighted by Crippen LogP contribution is 2.57. The first-order chi connectivity index (χ1) is 8.08. The Bertz CT molecular complexity index is 562. The van der Waals surface area contributed by atoms with E-state index in [1.54, 1.807) is 6.20 Å². The number of fused-ring (bicyclic) bond motifs is 1. The van der Waals surface area contributed by atoms with E-state index in [1.807, 2.05) is 24.3 Å². The van der Waals surface area contributed by atoms with Crippen LogP contribution in [-0.4, -0.2) is 10.1 Å². The van der Waals surface area contributed by atoms with Crippen molar-refractivity contribution in [2.75, 3.05) is 0 Å². The van der Waals surface area contributed by atoms with Gasteiger partial charge < -0.3 is 5.11 Å². The number of rotatable bonds is 2. The molecule has 2 unspecified atom stereocenters. The highest BCUT2D eigenvalue weighted by molar-refractivity contribution is 5.78. The monoisotopic (exact) mass is 227 g/mol. The van der Waals surface area contributed by atoms with Gasteiger partial charge in [0, 0.05) is 11.6 Å². The number of aliphatic hydroxyl groups excluding tert-OH is 1. The van der Waals surface area contributed by atoms with E-state index in [1.165, 1.54) is 0 Å². The summed E-state index contributed by atoms with van der Waals surface area (Å²) in [4.78, 5) is 4.40. The molecule has 1 aliphatic carbocycles. The van der Waals surface area contributed by atoms with Crippen LogP contribution in [0.4, 0.5) is 0 Å². The fraction of sp³-hybridized carbons (Fsp3) is 0.400. The average Bonchev–Trinajstić information content (AvgIpc) is 2.97. The van der Waals surface area contributed by atoms with Crippen LogP contribution in [0.2, 0.25) is 0 Å². The topological polar surface area (TPSA) is 33.1 Å². The molecule has 1 fully saturated rings. The number of para-hydroxylation sites is 1. The fourth-order valence-corrected chi connectivity index (χ4v) is 2.53. The molecule has 1 aliphatic rings. The van der Waals surface area contributed by atoms with E-state index < -0.39 is 0 Å². The molecule has 0 bridgehead atoms. The fourth-order valence-electron chi connectivity index (χ4n) is 2.53. The van der Waals surface area contributed by atoms with Crippen LogP contribution in [0, 0.1) is 11.3 Å². The van der Waals surface area contributed by atoms with Crippen molar-refractivity contribution >= 4 is 10.9 Å². The second-order valence-corrected chi connectivity index (χ2v) is 5.71. The number of hydrogen-bond acceptors (Lipinski definition) is 2. The van der Waals surface area contributed by atoms with Crippen LogP contribution < -0.4 is 0 Å². The maximum absolute atomic E-state index is 10.3. The lowest BCUT2D eigenvalue weighted by Crippen LogP contribution is -2.05. The average molecular weight is 227 g/mol. The first kappa shape index (κ1) is 10.7. The second kappa shape index (κ2) is 3.54. The molecule has 2 atom stereocenters. The van der Waals surface area contributed by atoms with Gasteiger partial charge in [-0.05, 0) is 35.4 Å². The lowest BCUT2D eigenvalue weighted by atomic mass is 10.00. The van der Waals surface area contributed by atoms with Crippen molar-refractivity contribution in [2.45, 2.75) is 26.4 Å². The Morgan fingerprint density at radius 3 is 2.76 bits per heavy atom. The van der Waals surface area contributed by atoms with Gasteiger partial charge in [-0.2, -0.15) is 0 Å². The zero-order valence-corrected chi connectivity index (χ0v) is 10.2. The van der Waals surface area contributed by atoms with Crippen molar-refractivity contribution in [1.82, 2.24) is 4.98 Å². The van der Waals surface area contributed by atoms with Gasteiger partial charge in [-0.25, -0.2) is 0 Å². The summed E-state index contributed by atoms with van der Waals surface area (Å²) >= 11 is 0. The summed E-state index contributed by atoms with van der Waals surface area (Å²) in [7, 11) is 0. The minimum atomic E-state index is -0.373. The molecular formula is C15H17NO. The van der Waals surface area contributed by atoms with Gasteiger partial charge >= 0.3 is 0 Å². The molecule has 1 N–H and O–H groups in total. The highest BCUT2D eigenvalue weighted by Gasteiger charge is 2.50. The van der Waals surface area contributed by atoms with E-state index in [9.17, 15) is 5.11 Å². The van der Waals surface area contributed by atoms with Crippen LogP contribution in [-0.2, 0) is 0 Å². The molecule has 0 amide bonds. The molecule has 2 nitrogen and oxygen atoms in total. The Morgan fingerprint density at radius 1 is 1.35 bits per heavy atom. The van der Waals surface area contributed by atoms with Gasteiger partial charge in [0.1, 0.15) is 0 Å². The Morgan fingerprint density at radius 2 is 2.06 bits per heavy atom. The minimum absolute atomic E-state index is 0.283. The standard InChI is InChI=1S/C15H17NO/c1-15(2)8-12(15)14(17)11-7-10-5-3-4-6-13(10)16-9-11/h3-7,9,12,14,17H,8H2,1-2H3. The number of benzene rings is 1. The molecule has 17 heavy (non-hydrogen) atoms. The van der Waals surface area contributed by atoms with Crippen LogP contribution in [0.15, 0.2) is 36.5 Å². The third-order valence-corrected chi connectivity index (χ3v) is 3.92. The first-order valence-electron chi connectivity index (χ1n) is 6.11. The first-order valence-corrected chi connectivity index (χ1v) is 6.11. The maximum Gasteiger partial charge on any atom is 0.0838 e. The third-order valence-electron chi connectivity index (χ3n) is 3.92. The maximum atomic E-state index is 10.3. The van der Waals surface area contributed by atoms with E-state index in [0.717, 1.165) is 22.9 Å². The minimum Gasteiger partial charge on any atom is -0.388 e. The molecule has 1 saturated carbocycles. The molecular weight excluding hydrogens is 210 g/mol. The van der Waals surface area contributed by atoms with Crippen LogP contribution in [0.5, 0.6) is 0 Å². The summed E-state index contributed by atoms with van der Waals surface area (Å²) in [5, 5.41) is 11.4. The van der Waals surface area contributed by atoms with E-state index in [-0.39, 0.29) is 11.5 Å².